The molecule has 2 N–H and O–H groups in total. The topological polar surface area (TPSA) is 78.6 Å². The van der Waals surface area contributed by atoms with Crippen molar-refractivity contribution in [2.75, 3.05) is 26.2 Å². The maximum absolute atomic E-state index is 11.1. The van der Waals surface area contributed by atoms with Gasteiger partial charge in [0, 0.05) is 38.3 Å². The third kappa shape index (κ3) is 4.51. The molecule has 0 spiro atoms. The van der Waals surface area contributed by atoms with Crippen LogP contribution in [0.15, 0.2) is 18.2 Å². The molecule has 1 saturated carbocycles. The normalized spacial score (nSPS) is 20.0. The van der Waals surface area contributed by atoms with Gasteiger partial charge in [-0.15, -0.1) is 24.8 Å². The maximum Gasteiger partial charge on any atom is 0.311 e. The summed E-state index contributed by atoms with van der Waals surface area (Å²) in [6.45, 7) is 3.86. The predicted molar refractivity (Wildman–Crippen MR) is 98.4 cm³/mol. The Hall–Kier alpha value is -1.08. The van der Waals surface area contributed by atoms with E-state index < -0.39 is 4.92 Å². The van der Waals surface area contributed by atoms with E-state index in [-0.39, 0.29) is 42.3 Å². The Labute approximate surface area is 154 Å². The lowest BCUT2D eigenvalue weighted by Gasteiger charge is -2.38. The first-order valence-electron chi connectivity index (χ1n) is 8.09. The van der Waals surface area contributed by atoms with Gasteiger partial charge in [-0.3, -0.25) is 15.0 Å². The van der Waals surface area contributed by atoms with Gasteiger partial charge in [-0.1, -0.05) is 18.9 Å². The highest BCUT2D eigenvalue weighted by molar-refractivity contribution is 5.85. The quantitative estimate of drug-likeness (QED) is 0.621. The maximum atomic E-state index is 11.1. The Balaban J connectivity index is 0.00000144. The summed E-state index contributed by atoms with van der Waals surface area (Å²) in [6.07, 6.45) is 4.85. The molecule has 1 saturated heterocycles. The van der Waals surface area contributed by atoms with Crippen molar-refractivity contribution < 1.29 is 10.0 Å². The Morgan fingerprint density at radius 2 is 1.83 bits per heavy atom. The molecule has 1 aliphatic carbocycles. The summed E-state index contributed by atoms with van der Waals surface area (Å²) in [5.74, 6) is 0.307. The lowest BCUT2D eigenvalue weighted by atomic mass is 9.89. The van der Waals surface area contributed by atoms with Crippen molar-refractivity contribution in [1.82, 2.24) is 10.2 Å². The van der Waals surface area contributed by atoms with Crippen LogP contribution in [0.1, 0.15) is 37.3 Å². The number of phenols is 1. The standard InChI is InChI=1S/C16H23N3O3.2ClH/c20-15-6-5-13(11-14(15)19(21)22)16(12-3-1-2-4-12)18-9-7-17-8-10-18;;/h5-6,11-12,16-17,20H,1-4,7-10H2;2*1H/t16-;;/m0../s1. The van der Waals surface area contributed by atoms with Crippen molar-refractivity contribution >= 4 is 30.5 Å². The molecule has 0 aromatic heterocycles. The fourth-order valence-corrected chi connectivity index (χ4v) is 3.89. The second kappa shape index (κ2) is 9.42. The number of aromatic hydroxyl groups is 1. The van der Waals surface area contributed by atoms with Crippen LogP contribution in [-0.2, 0) is 0 Å². The largest absolute Gasteiger partial charge is 0.502 e. The zero-order valence-corrected chi connectivity index (χ0v) is 15.2. The number of phenolic OH excluding ortho intramolecular Hbond substituents is 1. The van der Waals surface area contributed by atoms with Gasteiger partial charge in [0.15, 0.2) is 5.75 Å². The van der Waals surface area contributed by atoms with Gasteiger partial charge in [0.25, 0.3) is 0 Å². The van der Waals surface area contributed by atoms with Gasteiger partial charge in [0.2, 0.25) is 0 Å². The molecule has 1 aliphatic heterocycles. The molecule has 0 unspecified atom stereocenters. The van der Waals surface area contributed by atoms with E-state index in [1.807, 2.05) is 6.07 Å². The summed E-state index contributed by atoms with van der Waals surface area (Å²) in [7, 11) is 0. The average molecular weight is 378 g/mol. The molecular weight excluding hydrogens is 353 g/mol. The number of benzene rings is 1. The number of piperazine rings is 1. The van der Waals surface area contributed by atoms with E-state index in [4.69, 9.17) is 0 Å². The summed E-state index contributed by atoms with van der Waals surface area (Å²) in [4.78, 5) is 13.1. The van der Waals surface area contributed by atoms with Crippen molar-refractivity contribution in [3.63, 3.8) is 0 Å². The number of nitrogens with zero attached hydrogens (tertiary/aromatic N) is 2. The van der Waals surface area contributed by atoms with Crippen LogP contribution in [-0.4, -0.2) is 41.1 Å². The number of hydrogen-bond acceptors (Lipinski definition) is 5. The van der Waals surface area contributed by atoms with Crippen molar-refractivity contribution in [1.29, 1.82) is 0 Å². The minimum atomic E-state index is -0.498. The van der Waals surface area contributed by atoms with Crippen LogP contribution in [0.2, 0.25) is 0 Å². The van der Waals surface area contributed by atoms with E-state index in [2.05, 4.69) is 10.2 Å². The highest BCUT2D eigenvalue weighted by Crippen LogP contribution is 2.41. The Morgan fingerprint density at radius 3 is 2.42 bits per heavy atom. The Kier molecular flexibility index (Phi) is 8.22. The zero-order valence-electron chi connectivity index (χ0n) is 13.5. The lowest BCUT2D eigenvalue weighted by Crippen LogP contribution is -2.46. The predicted octanol–water partition coefficient (Wildman–Crippen LogP) is 3.28. The van der Waals surface area contributed by atoms with Gasteiger partial charge in [-0.05, 0) is 30.4 Å². The zero-order chi connectivity index (χ0) is 15.5. The van der Waals surface area contributed by atoms with Crippen LogP contribution in [0.4, 0.5) is 5.69 Å². The third-order valence-electron chi connectivity index (χ3n) is 4.93. The number of rotatable bonds is 4. The molecule has 1 aromatic carbocycles. The summed E-state index contributed by atoms with van der Waals surface area (Å²) in [5.41, 5.74) is 0.786. The molecule has 2 fully saturated rings. The van der Waals surface area contributed by atoms with E-state index in [0.717, 1.165) is 31.7 Å². The fraction of sp³-hybridized carbons (Fsp3) is 0.625. The summed E-state index contributed by atoms with van der Waals surface area (Å²) < 4.78 is 0. The first-order chi connectivity index (χ1) is 10.7. The third-order valence-corrected chi connectivity index (χ3v) is 4.93. The van der Waals surface area contributed by atoms with Crippen LogP contribution in [0.25, 0.3) is 0 Å². The summed E-state index contributed by atoms with van der Waals surface area (Å²) >= 11 is 0. The first kappa shape index (κ1) is 21.0. The van der Waals surface area contributed by atoms with Crippen molar-refractivity contribution in [3.8, 4) is 5.75 Å². The molecule has 8 heteroatoms. The van der Waals surface area contributed by atoms with Crippen LogP contribution >= 0.6 is 24.8 Å². The molecule has 0 radical (unpaired) electrons. The van der Waals surface area contributed by atoms with E-state index in [0.29, 0.717) is 5.92 Å². The molecule has 1 heterocycles. The molecule has 3 rings (SSSR count). The number of halogens is 2. The molecule has 136 valence electrons. The lowest BCUT2D eigenvalue weighted by molar-refractivity contribution is -0.386. The first-order valence-corrected chi connectivity index (χ1v) is 8.09. The Bertz CT molecular complexity index is 547. The van der Waals surface area contributed by atoms with Crippen LogP contribution in [0, 0.1) is 16.0 Å². The average Bonchev–Trinajstić information content (AvgIpc) is 3.04. The van der Waals surface area contributed by atoms with Crippen LogP contribution in [0.5, 0.6) is 5.75 Å². The number of nitro benzene ring substituents is 1. The monoisotopic (exact) mass is 377 g/mol. The minimum Gasteiger partial charge on any atom is -0.502 e. The van der Waals surface area contributed by atoms with Crippen molar-refractivity contribution in [2.24, 2.45) is 5.92 Å². The molecule has 2 aliphatic rings. The summed E-state index contributed by atoms with van der Waals surface area (Å²) in [6, 6.07) is 5.12. The van der Waals surface area contributed by atoms with Crippen LogP contribution < -0.4 is 5.32 Å². The number of nitro groups is 1. The molecule has 24 heavy (non-hydrogen) atoms. The smallest absolute Gasteiger partial charge is 0.311 e. The highest BCUT2D eigenvalue weighted by Gasteiger charge is 2.33. The second-order valence-electron chi connectivity index (χ2n) is 6.28. The molecule has 6 nitrogen and oxygen atoms in total. The van der Waals surface area contributed by atoms with Crippen LogP contribution in [0.3, 0.4) is 0 Å². The van der Waals surface area contributed by atoms with E-state index in [9.17, 15) is 15.2 Å². The molecule has 0 bridgehead atoms. The van der Waals surface area contributed by atoms with Gasteiger partial charge in [0.05, 0.1) is 4.92 Å². The number of hydrogen-bond donors (Lipinski definition) is 2. The fourth-order valence-electron chi connectivity index (χ4n) is 3.89. The SMILES string of the molecule is Cl.Cl.O=[N+]([O-])c1cc([C@H](C2CCCC2)N2CCNCC2)ccc1O. The summed E-state index contributed by atoms with van der Waals surface area (Å²) in [5, 5.41) is 24.2. The van der Waals surface area contributed by atoms with Gasteiger partial charge < -0.3 is 10.4 Å². The van der Waals surface area contributed by atoms with E-state index in [1.165, 1.54) is 31.7 Å². The van der Waals surface area contributed by atoms with Gasteiger partial charge in [-0.2, -0.15) is 0 Å². The molecular formula is C16H25Cl2N3O3. The van der Waals surface area contributed by atoms with E-state index in [1.54, 1.807) is 6.07 Å². The second-order valence-corrected chi connectivity index (χ2v) is 6.28. The Morgan fingerprint density at radius 1 is 1.21 bits per heavy atom. The highest BCUT2D eigenvalue weighted by atomic mass is 35.5. The van der Waals surface area contributed by atoms with Gasteiger partial charge >= 0.3 is 5.69 Å². The molecule has 1 aromatic rings. The van der Waals surface area contributed by atoms with E-state index >= 15 is 0 Å². The van der Waals surface area contributed by atoms with Crippen molar-refractivity contribution in [3.05, 3.63) is 33.9 Å². The molecule has 0 amide bonds. The minimum absolute atomic E-state index is 0. The van der Waals surface area contributed by atoms with Gasteiger partial charge in [0.1, 0.15) is 0 Å². The molecule has 1 atom stereocenters. The van der Waals surface area contributed by atoms with Crippen molar-refractivity contribution in [2.45, 2.75) is 31.7 Å². The van der Waals surface area contributed by atoms with Gasteiger partial charge in [-0.25, -0.2) is 0 Å². The number of nitrogens with one attached hydrogen (secondary N) is 1.